The molecule has 0 radical (unpaired) electrons. The number of nitrogens with one attached hydrogen (secondary N) is 3. The minimum absolute atomic E-state index is 0.0976. The molecule has 1 unspecified atom stereocenters. The van der Waals surface area contributed by atoms with E-state index in [2.05, 4.69) is 38.0 Å². The van der Waals surface area contributed by atoms with E-state index in [-0.39, 0.29) is 17.6 Å². The van der Waals surface area contributed by atoms with Gasteiger partial charge in [0, 0.05) is 24.0 Å². The Morgan fingerprint density at radius 2 is 1.92 bits per heavy atom. The largest absolute Gasteiger partial charge is 0.435 e. The lowest BCUT2D eigenvalue weighted by atomic mass is 10.1. The molecule has 38 heavy (non-hydrogen) atoms. The molecular formula is C29H36F2N4O3. The van der Waals surface area contributed by atoms with Crippen molar-refractivity contribution in [2.75, 3.05) is 17.3 Å². The number of carbonyl (C=O) groups is 2. The van der Waals surface area contributed by atoms with Crippen molar-refractivity contribution in [2.24, 2.45) is 4.99 Å². The van der Waals surface area contributed by atoms with Crippen molar-refractivity contribution in [3.05, 3.63) is 59.7 Å². The number of benzene rings is 2. The number of carbonyl (C=O) groups excluding carboxylic acids is 2. The first-order valence-corrected chi connectivity index (χ1v) is 12.3. The maximum absolute atomic E-state index is 12.4. The average molecular weight is 527 g/mol. The zero-order chi connectivity index (χ0) is 28.5. The predicted molar refractivity (Wildman–Crippen MR) is 151 cm³/mol. The topological polar surface area (TPSA) is 91.8 Å². The van der Waals surface area contributed by atoms with Crippen LogP contribution in [0.25, 0.3) is 5.57 Å². The molecule has 3 N–H and O–H groups in total. The van der Waals surface area contributed by atoms with Gasteiger partial charge in [-0.05, 0) is 68.2 Å². The molecule has 0 spiro atoms. The molecule has 2 amide bonds. The zero-order valence-corrected chi connectivity index (χ0v) is 22.5. The van der Waals surface area contributed by atoms with E-state index in [1.54, 1.807) is 25.3 Å². The number of ether oxygens (including phenoxy) is 1. The summed E-state index contributed by atoms with van der Waals surface area (Å²) in [4.78, 5) is 28.1. The van der Waals surface area contributed by atoms with Crippen LogP contribution in [-0.4, -0.2) is 37.4 Å². The fraction of sp³-hybridized carbons (Fsp3) is 0.345. The fourth-order valence-corrected chi connectivity index (χ4v) is 3.32. The smallest absolute Gasteiger partial charge is 0.387 e. The second-order valence-electron chi connectivity index (χ2n) is 7.76. The van der Waals surface area contributed by atoms with Crippen LogP contribution in [0.15, 0.2) is 53.5 Å². The van der Waals surface area contributed by atoms with Gasteiger partial charge in [0.1, 0.15) is 18.5 Å². The molecule has 1 saturated heterocycles. The first kappa shape index (κ1) is 31.8. The summed E-state index contributed by atoms with van der Waals surface area (Å²) in [7, 11) is 0. The summed E-state index contributed by atoms with van der Waals surface area (Å²) in [6, 6.07) is 11.4. The SMILES string of the molecule is C#CC.C/C=C(\C=N/CNc1ccc(C)c(NC(=O)C2CCC(=O)N2)c1)c1ccc(OC(F)F)cc1.CC. The van der Waals surface area contributed by atoms with Crippen LogP contribution in [0, 0.1) is 19.3 Å². The Morgan fingerprint density at radius 3 is 2.47 bits per heavy atom. The Balaban J connectivity index is 0.00000135. The molecular weight excluding hydrogens is 490 g/mol. The highest BCUT2D eigenvalue weighted by molar-refractivity contribution is 6.09. The zero-order valence-electron chi connectivity index (χ0n) is 22.5. The molecule has 1 fully saturated rings. The number of anilines is 2. The van der Waals surface area contributed by atoms with Crippen LogP contribution < -0.4 is 20.7 Å². The maximum atomic E-state index is 12.4. The third-order valence-electron chi connectivity index (χ3n) is 5.14. The average Bonchev–Trinajstić information content (AvgIpc) is 3.34. The number of terminal acetylenes is 1. The standard InChI is InChI=1S/C24H26F2N4O3.C3H4.C2H6/c1-3-16(17-5-8-19(9-6-17)33-24(25)26)13-27-14-28-18-7-4-15(2)21(12-18)30-23(32)20-10-11-22(31)29-20;1-3-2;1-2/h3-9,12-13,20,24,28H,10-11,14H2,1-2H3,(H,29,31)(H,30,32);1H,2H3;1-2H3/b16-3+,27-13-;;. The maximum Gasteiger partial charge on any atom is 0.387 e. The number of aryl methyl sites for hydroxylation is 1. The molecule has 7 nitrogen and oxygen atoms in total. The van der Waals surface area contributed by atoms with Gasteiger partial charge >= 0.3 is 6.61 Å². The minimum Gasteiger partial charge on any atom is -0.435 e. The number of nitrogens with zero attached hydrogens (tertiary/aromatic N) is 1. The van der Waals surface area contributed by atoms with Crippen LogP contribution in [0.4, 0.5) is 20.2 Å². The molecule has 3 rings (SSSR count). The Kier molecular flexibility index (Phi) is 14.5. The van der Waals surface area contributed by atoms with Crippen LogP contribution in [0.3, 0.4) is 0 Å². The van der Waals surface area contributed by atoms with Crippen molar-refractivity contribution < 1.29 is 23.1 Å². The summed E-state index contributed by atoms with van der Waals surface area (Å²) < 4.78 is 28.9. The van der Waals surface area contributed by atoms with Gasteiger partial charge in [0.2, 0.25) is 11.8 Å². The number of halogens is 2. The summed E-state index contributed by atoms with van der Waals surface area (Å²) in [6.45, 7) is 6.84. The molecule has 0 saturated carbocycles. The molecule has 1 aliphatic heterocycles. The molecule has 204 valence electrons. The van der Waals surface area contributed by atoms with Crippen LogP contribution in [0.5, 0.6) is 5.75 Å². The normalized spacial score (nSPS) is 14.4. The third-order valence-corrected chi connectivity index (χ3v) is 5.14. The third kappa shape index (κ3) is 10.8. The Hall–Kier alpha value is -4.19. The summed E-state index contributed by atoms with van der Waals surface area (Å²) in [5.41, 5.74) is 3.99. The molecule has 9 heteroatoms. The second kappa shape index (κ2) is 17.3. The minimum atomic E-state index is -2.86. The first-order valence-electron chi connectivity index (χ1n) is 12.3. The summed E-state index contributed by atoms with van der Waals surface area (Å²) in [5, 5.41) is 8.70. The van der Waals surface area contributed by atoms with Gasteiger partial charge in [-0.15, -0.1) is 12.3 Å². The molecule has 0 bridgehead atoms. The Morgan fingerprint density at radius 1 is 1.26 bits per heavy atom. The lowest BCUT2D eigenvalue weighted by Gasteiger charge is -2.14. The number of hydrogen-bond acceptors (Lipinski definition) is 5. The molecule has 0 aliphatic carbocycles. The number of aliphatic imine (C=N–C) groups is 1. The quantitative estimate of drug-likeness (QED) is 0.275. The van der Waals surface area contributed by atoms with Crippen molar-refractivity contribution in [1.29, 1.82) is 0 Å². The van der Waals surface area contributed by atoms with Crippen molar-refractivity contribution in [1.82, 2.24) is 5.32 Å². The summed E-state index contributed by atoms with van der Waals surface area (Å²) >= 11 is 0. The van der Waals surface area contributed by atoms with Crippen molar-refractivity contribution in [2.45, 2.75) is 60.1 Å². The van der Waals surface area contributed by atoms with Crippen LogP contribution >= 0.6 is 0 Å². The van der Waals surface area contributed by atoms with Gasteiger partial charge in [-0.25, -0.2) is 0 Å². The molecule has 0 aromatic heterocycles. The fourth-order valence-electron chi connectivity index (χ4n) is 3.32. The number of rotatable bonds is 9. The van der Waals surface area contributed by atoms with Gasteiger partial charge in [0.25, 0.3) is 0 Å². The van der Waals surface area contributed by atoms with Gasteiger partial charge in [-0.1, -0.05) is 38.1 Å². The Labute approximate surface area is 223 Å². The highest BCUT2D eigenvalue weighted by Gasteiger charge is 2.27. The molecule has 1 heterocycles. The van der Waals surface area contributed by atoms with Crippen molar-refractivity contribution in [3.63, 3.8) is 0 Å². The van der Waals surface area contributed by atoms with E-state index >= 15 is 0 Å². The highest BCUT2D eigenvalue weighted by Crippen LogP contribution is 2.22. The van der Waals surface area contributed by atoms with E-state index in [1.807, 2.05) is 52.0 Å². The van der Waals surface area contributed by atoms with Crippen LogP contribution in [-0.2, 0) is 9.59 Å². The van der Waals surface area contributed by atoms with Gasteiger partial charge < -0.3 is 20.7 Å². The van der Waals surface area contributed by atoms with Gasteiger partial charge in [0.15, 0.2) is 0 Å². The van der Waals surface area contributed by atoms with E-state index in [0.29, 0.717) is 25.2 Å². The van der Waals surface area contributed by atoms with Crippen LogP contribution in [0.2, 0.25) is 0 Å². The summed E-state index contributed by atoms with van der Waals surface area (Å²) in [6.07, 6.45) is 9.01. The van der Waals surface area contributed by atoms with E-state index in [0.717, 1.165) is 22.4 Å². The number of amides is 2. The van der Waals surface area contributed by atoms with Gasteiger partial charge in [-0.2, -0.15) is 8.78 Å². The number of hydrogen-bond donors (Lipinski definition) is 3. The molecule has 2 aromatic rings. The highest BCUT2D eigenvalue weighted by atomic mass is 19.3. The first-order chi connectivity index (χ1) is 18.3. The monoisotopic (exact) mass is 526 g/mol. The van der Waals surface area contributed by atoms with Gasteiger partial charge in [-0.3, -0.25) is 14.6 Å². The Bertz CT molecular complexity index is 1140. The number of alkyl halides is 2. The van der Waals surface area contributed by atoms with E-state index in [1.165, 1.54) is 12.1 Å². The van der Waals surface area contributed by atoms with Crippen molar-refractivity contribution >= 4 is 35.0 Å². The van der Waals surface area contributed by atoms with E-state index < -0.39 is 12.7 Å². The lowest BCUT2D eigenvalue weighted by molar-refractivity contribution is -0.122. The van der Waals surface area contributed by atoms with Crippen molar-refractivity contribution in [3.8, 4) is 18.1 Å². The molecule has 2 aromatic carbocycles. The lowest BCUT2D eigenvalue weighted by Crippen LogP contribution is -2.37. The predicted octanol–water partition coefficient (Wildman–Crippen LogP) is 6.02. The van der Waals surface area contributed by atoms with E-state index in [9.17, 15) is 18.4 Å². The van der Waals surface area contributed by atoms with E-state index in [4.69, 9.17) is 0 Å². The van der Waals surface area contributed by atoms with Gasteiger partial charge in [0.05, 0.1) is 0 Å². The molecule has 1 aliphatic rings. The molecule has 1 atom stereocenters. The summed E-state index contributed by atoms with van der Waals surface area (Å²) in [5.74, 6) is 2.00. The second-order valence-corrected chi connectivity index (χ2v) is 7.76. The van der Waals surface area contributed by atoms with Crippen LogP contribution in [0.1, 0.15) is 51.7 Å². The number of allylic oxidation sites excluding steroid dienone is 2.